The molecule has 2 aliphatic rings. The molecule has 116 valence electrons. The minimum absolute atomic E-state index is 0.0287. The molecule has 6 nitrogen and oxygen atoms in total. The zero-order valence-corrected chi connectivity index (χ0v) is 12.4. The Morgan fingerprint density at radius 1 is 1.32 bits per heavy atom. The van der Waals surface area contributed by atoms with Gasteiger partial charge in [0.25, 0.3) is 0 Å². The van der Waals surface area contributed by atoms with E-state index in [-0.39, 0.29) is 11.6 Å². The van der Waals surface area contributed by atoms with Crippen molar-refractivity contribution in [1.29, 1.82) is 0 Å². The van der Waals surface area contributed by atoms with Crippen molar-refractivity contribution in [2.45, 2.75) is 31.0 Å². The average Bonchev–Trinajstić information content (AvgIpc) is 3.25. The zero-order chi connectivity index (χ0) is 14.8. The Labute approximate surface area is 129 Å². The summed E-state index contributed by atoms with van der Waals surface area (Å²) in [7, 11) is 0. The van der Waals surface area contributed by atoms with Crippen molar-refractivity contribution in [2.75, 3.05) is 25.0 Å². The molecule has 4 heterocycles. The van der Waals surface area contributed by atoms with Crippen LogP contribution in [0.4, 0.5) is 5.95 Å². The molecule has 2 aliphatic heterocycles. The van der Waals surface area contributed by atoms with Crippen LogP contribution in [0.25, 0.3) is 0 Å². The normalized spacial score (nSPS) is 28.5. The first-order chi connectivity index (χ1) is 10.8. The molecule has 2 atom stereocenters. The van der Waals surface area contributed by atoms with Crippen LogP contribution >= 0.6 is 0 Å². The molecule has 0 bridgehead atoms. The van der Waals surface area contributed by atoms with Crippen LogP contribution in [0.1, 0.15) is 18.6 Å². The fourth-order valence-electron chi connectivity index (χ4n) is 3.46. The maximum absolute atomic E-state index is 6.15. The Kier molecular flexibility index (Phi) is 3.56. The van der Waals surface area contributed by atoms with Crippen molar-refractivity contribution in [3.05, 3.63) is 42.6 Å². The molecule has 1 N–H and O–H groups in total. The van der Waals surface area contributed by atoms with Crippen molar-refractivity contribution in [3.8, 4) is 0 Å². The lowest BCUT2D eigenvalue weighted by Crippen LogP contribution is -2.33. The standard InChI is InChI=1S/C16H20N4O2/c1-3-14(21-8-1)10-20-7-4-16(12-20)9-13(11-22-16)19-15-17-5-2-6-18-15/h1-3,5-6,8,13H,4,7,9-12H2,(H,17,18,19)/t13-,16+/m0/s1. The summed E-state index contributed by atoms with van der Waals surface area (Å²) in [4.78, 5) is 10.8. The smallest absolute Gasteiger partial charge is 0.222 e. The molecule has 0 amide bonds. The number of furan rings is 1. The lowest BCUT2D eigenvalue weighted by atomic mass is 9.97. The number of ether oxygens (including phenoxy) is 1. The van der Waals surface area contributed by atoms with E-state index in [4.69, 9.17) is 9.15 Å². The zero-order valence-electron chi connectivity index (χ0n) is 12.4. The first-order valence-corrected chi connectivity index (χ1v) is 7.74. The number of nitrogens with one attached hydrogen (secondary N) is 1. The van der Waals surface area contributed by atoms with E-state index in [1.54, 1.807) is 18.7 Å². The van der Waals surface area contributed by atoms with Crippen LogP contribution < -0.4 is 5.32 Å². The summed E-state index contributed by atoms with van der Waals surface area (Å²) >= 11 is 0. The molecule has 6 heteroatoms. The predicted molar refractivity (Wildman–Crippen MR) is 81.3 cm³/mol. The molecule has 0 radical (unpaired) electrons. The number of aromatic nitrogens is 2. The third kappa shape index (κ3) is 2.84. The van der Waals surface area contributed by atoms with E-state index < -0.39 is 0 Å². The highest BCUT2D eigenvalue weighted by atomic mass is 16.5. The molecule has 2 aromatic heterocycles. The fourth-order valence-corrected chi connectivity index (χ4v) is 3.46. The third-order valence-corrected chi connectivity index (χ3v) is 4.46. The van der Waals surface area contributed by atoms with Gasteiger partial charge < -0.3 is 14.5 Å². The fraction of sp³-hybridized carbons (Fsp3) is 0.500. The molecule has 0 unspecified atom stereocenters. The van der Waals surface area contributed by atoms with E-state index in [0.717, 1.165) is 38.2 Å². The van der Waals surface area contributed by atoms with Gasteiger partial charge in [-0.25, -0.2) is 9.97 Å². The molecule has 0 saturated carbocycles. The first kappa shape index (κ1) is 13.7. The highest BCUT2D eigenvalue weighted by Crippen LogP contribution is 2.36. The maximum atomic E-state index is 6.15. The second kappa shape index (κ2) is 5.70. The van der Waals surface area contributed by atoms with Crippen LogP contribution in [0.5, 0.6) is 0 Å². The van der Waals surface area contributed by atoms with E-state index >= 15 is 0 Å². The molecule has 1 spiro atoms. The summed E-state index contributed by atoms with van der Waals surface area (Å²) in [5, 5.41) is 3.37. The van der Waals surface area contributed by atoms with Gasteiger partial charge in [-0.05, 0) is 24.6 Å². The Hall–Kier alpha value is -1.92. The minimum Gasteiger partial charge on any atom is -0.468 e. The van der Waals surface area contributed by atoms with Gasteiger partial charge in [0.05, 0.1) is 31.1 Å². The highest BCUT2D eigenvalue weighted by molar-refractivity contribution is 5.25. The Bertz CT molecular complexity index is 604. The maximum Gasteiger partial charge on any atom is 0.222 e. The molecule has 2 saturated heterocycles. The van der Waals surface area contributed by atoms with Crippen LogP contribution in [0, 0.1) is 0 Å². The molecule has 0 aromatic carbocycles. The van der Waals surface area contributed by atoms with Gasteiger partial charge >= 0.3 is 0 Å². The second-order valence-corrected chi connectivity index (χ2v) is 6.15. The van der Waals surface area contributed by atoms with Gasteiger partial charge in [0.15, 0.2) is 0 Å². The Morgan fingerprint density at radius 2 is 2.23 bits per heavy atom. The second-order valence-electron chi connectivity index (χ2n) is 6.15. The van der Waals surface area contributed by atoms with Gasteiger partial charge in [0, 0.05) is 31.9 Å². The first-order valence-electron chi connectivity index (χ1n) is 7.74. The van der Waals surface area contributed by atoms with Gasteiger partial charge in [0.2, 0.25) is 5.95 Å². The van der Waals surface area contributed by atoms with Crippen LogP contribution in [0.2, 0.25) is 0 Å². The number of likely N-dealkylation sites (tertiary alicyclic amines) is 1. The summed E-state index contributed by atoms with van der Waals surface area (Å²) in [5.41, 5.74) is -0.0287. The molecule has 22 heavy (non-hydrogen) atoms. The molecule has 2 aromatic rings. The van der Waals surface area contributed by atoms with Crippen molar-refractivity contribution >= 4 is 5.95 Å². The highest BCUT2D eigenvalue weighted by Gasteiger charge is 2.45. The van der Waals surface area contributed by atoms with E-state index in [9.17, 15) is 0 Å². The van der Waals surface area contributed by atoms with Gasteiger partial charge in [-0.1, -0.05) is 0 Å². The summed E-state index contributed by atoms with van der Waals surface area (Å²) < 4.78 is 11.6. The van der Waals surface area contributed by atoms with Crippen LogP contribution in [-0.2, 0) is 11.3 Å². The summed E-state index contributed by atoms with van der Waals surface area (Å²) in [6, 6.07) is 6.07. The largest absolute Gasteiger partial charge is 0.468 e. The quantitative estimate of drug-likeness (QED) is 0.930. The lowest BCUT2D eigenvalue weighted by Gasteiger charge is -2.23. The summed E-state index contributed by atoms with van der Waals surface area (Å²) in [5.74, 6) is 1.70. The molecular weight excluding hydrogens is 280 g/mol. The van der Waals surface area contributed by atoms with Crippen LogP contribution in [0.15, 0.2) is 41.3 Å². The monoisotopic (exact) mass is 300 g/mol. The van der Waals surface area contributed by atoms with E-state index in [0.29, 0.717) is 12.6 Å². The lowest BCUT2D eigenvalue weighted by molar-refractivity contribution is 0.0115. The minimum atomic E-state index is -0.0287. The Morgan fingerprint density at radius 3 is 3.05 bits per heavy atom. The van der Waals surface area contributed by atoms with Gasteiger partial charge in [-0.2, -0.15) is 0 Å². The van der Waals surface area contributed by atoms with Crippen molar-refractivity contribution < 1.29 is 9.15 Å². The molecule has 0 aliphatic carbocycles. The molecule has 4 rings (SSSR count). The summed E-state index contributed by atoms with van der Waals surface area (Å²) in [6.07, 6.45) is 7.30. The van der Waals surface area contributed by atoms with Crippen molar-refractivity contribution in [3.63, 3.8) is 0 Å². The van der Waals surface area contributed by atoms with Crippen molar-refractivity contribution in [2.24, 2.45) is 0 Å². The predicted octanol–water partition coefficient (Wildman–Crippen LogP) is 1.92. The Balaban J connectivity index is 1.34. The van der Waals surface area contributed by atoms with E-state index in [1.807, 2.05) is 18.2 Å². The number of hydrogen-bond donors (Lipinski definition) is 1. The number of rotatable bonds is 4. The van der Waals surface area contributed by atoms with Crippen molar-refractivity contribution in [1.82, 2.24) is 14.9 Å². The number of nitrogens with zero attached hydrogens (tertiary/aromatic N) is 3. The third-order valence-electron chi connectivity index (χ3n) is 4.46. The van der Waals surface area contributed by atoms with Crippen LogP contribution in [0.3, 0.4) is 0 Å². The van der Waals surface area contributed by atoms with E-state index in [2.05, 4.69) is 20.2 Å². The summed E-state index contributed by atoms with van der Waals surface area (Å²) in [6.45, 7) is 3.58. The van der Waals surface area contributed by atoms with Gasteiger partial charge in [-0.3, -0.25) is 4.90 Å². The molecule has 2 fully saturated rings. The van der Waals surface area contributed by atoms with Gasteiger partial charge in [0.1, 0.15) is 5.76 Å². The van der Waals surface area contributed by atoms with E-state index in [1.165, 1.54) is 0 Å². The SMILES string of the molecule is c1cnc(N[C@@H]2CO[C@]3(CCN(Cc4ccco4)C3)C2)nc1. The number of anilines is 1. The van der Waals surface area contributed by atoms with Gasteiger partial charge in [-0.15, -0.1) is 0 Å². The number of hydrogen-bond acceptors (Lipinski definition) is 6. The van der Waals surface area contributed by atoms with Crippen LogP contribution in [-0.4, -0.2) is 46.2 Å². The molecular formula is C16H20N4O2. The average molecular weight is 300 g/mol. The topological polar surface area (TPSA) is 63.4 Å².